The van der Waals surface area contributed by atoms with E-state index in [0.29, 0.717) is 5.69 Å². The highest BCUT2D eigenvalue weighted by atomic mass is 32.2. The van der Waals surface area contributed by atoms with Crippen LogP contribution in [0.25, 0.3) is 0 Å². The maximum absolute atomic E-state index is 11.6. The molecule has 0 fully saturated rings. The summed E-state index contributed by atoms with van der Waals surface area (Å²) >= 11 is 1.37. The molecule has 1 aromatic carbocycles. The molecule has 0 saturated heterocycles. The molecule has 0 aromatic heterocycles. The van der Waals surface area contributed by atoms with Gasteiger partial charge in [0, 0.05) is 11.3 Å². The Labute approximate surface area is 92.4 Å². The monoisotopic (exact) mass is 221 g/mol. The lowest BCUT2D eigenvalue weighted by atomic mass is 10.2. The highest BCUT2D eigenvalue weighted by Gasteiger charge is 2.33. The zero-order valence-corrected chi connectivity index (χ0v) is 8.91. The summed E-state index contributed by atoms with van der Waals surface area (Å²) in [5.41, 5.74) is 0.699. The number of ketones is 1. The van der Waals surface area contributed by atoms with Crippen molar-refractivity contribution in [2.24, 2.45) is 0 Å². The van der Waals surface area contributed by atoms with E-state index in [4.69, 9.17) is 0 Å². The molecule has 0 saturated carbocycles. The maximum atomic E-state index is 11.6. The Morgan fingerprint density at radius 2 is 2.33 bits per heavy atom. The van der Waals surface area contributed by atoms with Crippen molar-refractivity contribution < 1.29 is 10.0 Å². The van der Waals surface area contributed by atoms with Crippen LogP contribution in [0.5, 0.6) is 0 Å². The molecule has 4 heteroatoms. The Balaban J connectivity index is 2.23. The number of hydroxylamine groups is 1. The largest absolute Gasteiger partial charge is 0.296 e. The van der Waals surface area contributed by atoms with E-state index in [1.165, 1.54) is 11.8 Å². The van der Waals surface area contributed by atoms with E-state index in [9.17, 15) is 10.0 Å². The summed E-state index contributed by atoms with van der Waals surface area (Å²) in [5.74, 6) is -0.0336. The molecule has 78 valence electrons. The molecule has 0 radical (unpaired) electrons. The fourth-order valence-electron chi connectivity index (χ4n) is 1.49. The molecule has 0 aliphatic carbocycles. The first-order valence-electron chi connectivity index (χ1n) is 4.61. The molecule has 1 heterocycles. The molecule has 1 aliphatic rings. The van der Waals surface area contributed by atoms with Gasteiger partial charge in [0.25, 0.3) is 0 Å². The smallest absolute Gasteiger partial charge is 0.172 e. The predicted octanol–water partition coefficient (Wildman–Crippen LogP) is 2.46. The van der Waals surface area contributed by atoms with E-state index in [1.54, 1.807) is 12.1 Å². The minimum absolute atomic E-state index is 0.0336. The Kier molecular flexibility index (Phi) is 2.79. The van der Waals surface area contributed by atoms with Crippen LogP contribution in [0, 0.1) is 0 Å². The average molecular weight is 221 g/mol. The van der Waals surface area contributed by atoms with Crippen molar-refractivity contribution in [1.82, 2.24) is 0 Å². The van der Waals surface area contributed by atoms with Gasteiger partial charge in [-0.1, -0.05) is 30.0 Å². The van der Waals surface area contributed by atoms with Crippen molar-refractivity contribution in [3.8, 4) is 0 Å². The molecular weight excluding hydrogens is 210 g/mol. The van der Waals surface area contributed by atoms with Crippen LogP contribution in [-0.2, 0) is 4.79 Å². The number of carbonyl (C=O) groups excluding carboxylic acids is 1. The van der Waals surface area contributed by atoms with E-state index in [-0.39, 0.29) is 12.2 Å². The molecule has 0 bridgehead atoms. The van der Waals surface area contributed by atoms with Gasteiger partial charge in [-0.25, -0.2) is 5.06 Å². The first-order valence-corrected chi connectivity index (χ1v) is 5.49. The second kappa shape index (κ2) is 4.08. The lowest BCUT2D eigenvalue weighted by Crippen LogP contribution is -2.32. The predicted molar refractivity (Wildman–Crippen MR) is 60.2 cm³/mol. The molecule has 0 amide bonds. The van der Waals surface area contributed by atoms with Gasteiger partial charge < -0.3 is 0 Å². The normalized spacial score (nSPS) is 18.7. The number of hydrogen-bond donors (Lipinski definition) is 1. The van der Waals surface area contributed by atoms with Gasteiger partial charge in [-0.2, -0.15) is 0 Å². The standard InChI is InChI=1S/C11H11NO2S/c1-2-5-9(13)11-12(14)8-6-3-4-7-10(8)15-11/h2-4,6-7,11,14H,1,5H2. The van der Waals surface area contributed by atoms with Crippen molar-refractivity contribution in [2.75, 3.05) is 5.06 Å². The number of rotatable bonds is 3. The van der Waals surface area contributed by atoms with Gasteiger partial charge in [0.15, 0.2) is 11.2 Å². The van der Waals surface area contributed by atoms with Crippen LogP contribution in [0.15, 0.2) is 41.8 Å². The molecule has 1 N–H and O–H groups in total. The number of nitrogens with zero attached hydrogens (tertiary/aromatic N) is 1. The number of Topliss-reactive ketones (excluding diaryl/α,β-unsaturated/α-hetero) is 1. The number of thioether (sulfide) groups is 1. The summed E-state index contributed by atoms with van der Waals surface area (Å²) in [7, 11) is 0. The van der Waals surface area contributed by atoms with Gasteiger partial charge >= 0.3 is 0 Å². The van der Waals surface area contributed by atoms with E-state index in [1.807, 2.05) is 18.2 Å². The quantitative estimate of drug-likeness (QED) is 0.796. The number of para-hydroxylation sites is 1. The Bertz CT molecular complexity index is 405. The Morgan fingerprint density at radius 1 is 1.60 bits per heavy atom. The van der Waals surface area contributed by atoms with E-state index in [2.05, 4.69) is 6.58 Å². The van der Waals surface area contributed by atoms with Crippen LogP contribution in [0.2, 0.25) is 0 Å². The number of anilines is 1. The van der Waals surface area contributed by atoms with Gasteiger partial charge in [0.2, 0.25) is 0 Å². The minimum atomic E-state index is -0.527. The summed E-state index contributed by atoms with van der Waals surface area (Å²) in [6.45, 7) is 3.52. The number of allylic oxidation sites excluding steroid dienone is 1. The third-order valence-electron chi connectivity index (χ3n) is 2.19. The first kappa shape index (κ1) is 10.3. The van der Waals surface area contributed by atoms with Crippen LogP contribution < -0.4 is 5.06 Å². The zero-order chi connectivity index (χ0) is 10.8. The zero-order valence-electron chi connectivity index (χ0n) is 8.09. The van der Waals surface area contributed by atoms with Crippen LogP contribution in [0.3, 0.4) is 0 Å². The number of hydrogen-bond acceptors (Lipinski definition) is 4. The van der Waals surface area contributed by atoms with Crippen molar-refractivity contribution >= 4 is 23.2 Å². The summed E-state index contributed by atoms with van der Waals surface area (Å²) in [5, 5.41) is 10.3. The van der Waals surface area contributed by atoms with E-state index in [0.717, 1.165) is 9.96 Å². The molecule has 1 atom stereocenters. The summed E-state index contributed by atoms with van der Waals surface area (Å²) in [4.78, 5) is 12.6. The van der Waals surface area contributed by atoms with Crippen molar-refractivity contribution in [2.45, 2.75) is 16.7 Å². The van der Waals surface area contributed by atoms with Crippen LogP contribution in [0.4, 0.5) is 5.69 Å². The lowest BCUT2D eigenvalue weighted by Gasteiger charge is -2.16. The summed E-state index contributed by atoms with van der Waals surface area (Å²) < 4.78 is 0. The van der Waals surface area contributed by atoms with Crippen molar-refractivity contribution in [3.05, 3.63) is 36.9 Å². The second-order valence-electron chi connectivity index (χ2n) is 3.24. The number of fused-ring (bicyclic) bond motifs is 1. The summed E-state index contributed by atoms with van der Waals surface area (Å²) in [6, 6.07) is 7.41. The van der Waals surface area contributed by atoms with Crippen molar-refractivity contribution in [1.29, 1.82) is 0 Å². The van der Waals surface area contributed by atoms with Crippen LogP contribution >= 0.6 is 11.8 Å². The third kappa shape index (κ3) is 1.78. The highest BCUT2D eigenvalue weighted by Crippen LogP contribution is 2.42. The molecule has 1 aromatic rings. The molecule has 3 nitrogen and oxygen atoms in total. The topological polar surface area (TPSA) is 40.5 Å². The number of benzene rings is 1. The van der Waals surface area contributed by atoms with E-state index >= 15 is 0 Å². The highest BCUT2D eigenvalue weighted by molar-refractivity contribution is 8.01. The fourth-order valence-corrected chi connectivity index (χ4v) is 2.61. The molecule has 15 heavy (non-hydrogen) atoms. The number of carbonyl (C=O) groups is 1. The molecule has 1 aliphatic heterocycles. The molecule has 0 spiro atoms. The minimum Gasteiger partial charge on any atom is -0.296 e. The van der Waals surface area contributed by atoms with Gasteiger partial charge in [-0.05, 0) is 12.1 Å². The fraction of sp³-hybridized carbons (Fsp3) is 0.182. The average Bonchev–Trinajstić information content (AvgIpc) is 2.57. The Morgan fingerprint density at radius 3 is 3.00 bits per heavy atom. The van der Waals surface area contributed by atoms with Gasteiger partial charge in [-0.15, -0.1) is 6.58 Å². The summed E-state index contributed by atoms with van der Waals surface area (Å²) in [6.07, 6.45) is 1.84. The Hall–Kier alpha value is -1.26. The first-order chi connectivity index (χ1) is 7.24. The second-order valence-corrected chi connectivity index (χ2v) is 4.36. The van der Waals surface area contributed by atoms with Crippen LogP contribution in [-0.4, -0.2) is 16.4 Å². The van der Waals surface area contributed by atoms with Gasteiger partial charge in [0.05, 0.1) is 5.69 Å². The molecular formula is C11H11NO2S. The van der Waals surface area contributed by atoms with Crippen LogP contribution in [0.1, 0.15) is 6.42 Å². The van der Waals surface area contributed by atoms with Gasteiger partial charge in [0.1, 0.15) is 0 Å². The SMILES string of the molecule is C=CCC(=O)C1Sc2ccccc2N1O. The molecule has 2 rings (SSSR count). The van der Waals surface area contributed by atoms with Gasteiger partial charge in [-0.3, -0.25) is 10.0 Å². The van der Waals surface area contributed by atoms with E-state index < -0.39 is 5.37 Å². The lowest BCUT2D eigenvalue weighted by molar-refractivity contribution is -0.118. The molecule has 1 unspecified atom stereocenters. The third-order valence-corrected chi connectivity index (χ3v) is 3.48. The maximum Gasteiger partial charge on any atom is 0.172 e. The van der Waals surface area contributed by atoms with Crippen molar-refractivity contribution in [3.63, 3.8) is 0 Å².